The van der Waals surface area contributed by atoms with Gasteiger partial charge >= 0.3 is 0 Å². The van der Waals surface area contributed by atoms with Gasteiger partial charge in [-0.3, -0.25) is 9.59 Å². The molecule has 2 aliphatic heterocycles. The SMILES string of the molecule is O=C1c2ccccc2C(=O)N1[SH]1C=CC=C1. The van der Waals surface area contributed by atoms with Crippen LogP contribution in [0.3, 0.4) is 0 Å². The van der Waals surface area contributed by atoms with Gasteiger partial charge in [0.1, 0.15) is 0 Å². The summed E-state index contributed by atoms with van der Waals surface area (Å²) in [7, 11) is 0. The van der Waals surface area contributed by atoms with Crippen LogP contribution in [-0.4, -0.2) is 16.1 Å². The highest BCUT2D eigenvalue weighted by Crippen LogP contribution is 2.42. The highest BCUT2D eigenvalue weighted by molar-refractivity contribution is 8.21. The van der Waals surface area contributed by atoms with E-state index in [1.807, 2.05) is 23.0 Å². The van der Waals surface area contributed by atoms with Gasteiger partial charge in [-0.15, -0.1) is 11.1 Å². The van der Waals surface area contributed by atoms with Gasteiger partial charge in [0.15, 0.2) is 0 Å². The normalized spacial score (nSPS) is 19.8. The lowest BCUT2D eigenvalue weighted by molar-refractivity contribution is 0.0776. The van der Waals surface area contributed by atoms with Crippen LogP contribution in [0.1, 0.15) is 20.7 Å². The van der Waals surface area contributed by atoms with E-state index in [0.29, 0.717) is 11.1 Å². The zero-order chi connectivity index (χ0) is 11.1. The van der Waals surface area contributed by atoms with E-state index in [1.165, 1.54) is 4.31 Å². The van der Waals surface area contributed by atoms with E-state index in [2.05, 4.69) is 0 Å². The summed E-state index contributed by atoms with van der Waals surface area (Å²) in [4.78, 5) is 24.1. The summed E-state index contributed by atoms with van der Waals surface area (Å²) in [6, 6.07) is 6.96. The summed E-state index contributed by atoms with van der Waals surface area (Å²) < 4.78 is 1.36. The fraction of sp³-hybridized carbons (Fsp3) is 0. The number of fused-ring (bicyclic) bond motifs is 1. The Morgan fingerprint density at radius 2 is 1.38 bits per heavy atom. The maximum absolute atomic E-state index is 12.0. The molecule has 0 N–H and O–H groups in total. The zero-order valence-electron chi connectivity index (χ0n) is 8.33. The van der Waals surface area contributed by atoms with Gasteiger partial charge in [0.05, 0.1) is 11.1 Å². The topological polar surface area (TPSA) is 37.4 Å². The summed E-state index contributed by atoms with van der Waals surface area (Å²) in [5.41, 5.74) is 1.03. The number of allylic oxidation sites excluding steroid dienone is 2. The molecule has 2 heterocycles. The van der Waals surface area contributed by atoms with Gasteiger partial charge in [0, 0.05) is 0 Å². The molecule has 80 valence electrons. The number of hydrogen-bond acceptors (Lipinski definition) is 2. The molecule has 0 aliphatic carbocycles. The van der Waals surface area contributed by atoms with Crippen LogP contribution in [-0.2, 0) is 0 Å². The molecule has 0 radical (unpaired) electrons. The molecule has 0 spiro atoms. The zero-order valence-corrected chi connectivity index (χ0v) is 9.22. The minimum atomic E-state index is -0.898. The van der Waals surface area contributed by atoms with Crippen molar-refractivity contribution in [1.82, 2.24) is 4.31 Å². The number of rotatable bonds is 1. The molecule has 0 unspecified atom stereocenters. The lowest BCUT2D eigenvalue weighted by Crippen LogP contribution is -2.24. The van der Waals surface area contributed by atoms with Crippen LogP contribution in [0, 0.1) is 0 Å². The molecular weight excluding hydrogens is 222 g/mol. The van der Waals surface area contributed by atoms with E-state index in [1.54, 1.807) is 24.3 Å². The number of amides is 2. The fourth-order valence-corrected chi connectivity index (χ4v) is 3.40. The molecule has 3 rings (SSSR count). The van der Waals surface area contributed by atoms with Crippen molar-refractivity contribution in [3.63, 3.8) is 0 Å². The molecule has 4 heteroatoms. The Labute approximate surface area is 95.5 Å². The van der Waals surface area contributed by atoms with Gasteiger partial charge < -0.3 is 0 Å². The monoisotopic (exact) mass is 231 g/mol. The Morgan fingerprint density at radius 1 is 0.875 bits per heavy atom. The Balaban J connectivity index is 2.08. The van der Waals surface area contributed by atoms with Crippen LogP contribution in [0.25, 0.3) is 0 Å². The first-order chi connectivity index (χ1) is 7.79. The summed E-state index contributed by atoms with van der Waals surface area (Å²) in [6.07, 6.45) is 3.74. The van der Waals surface area contributed by atoms with Gasteiger partial charge in [-0.2, -0.15) is 0 Å². The lowest BCUT2D eigenvalue weighted by Gasteiger charge is -2.21. The largest absolute Gasteiger partial charge is 0.270 e. The molecule has 2 amide bonds. The summed E-state index contributed by atoms with van der Waals surface area (Å²) in [5.74, 6) is -0.356. The van der Waals surface area contributed by atoms with Crippen LogP contribution in [0.5, 0.6) is 0 Å². The van der Waals surface area contributed by atoms with E-state index in [-0.39, 0.29) is 11.8 Å². The van der Waals surface area contributed by atoms with Crippen molar-refractivity contribution in [3.05, 3.63) is 58.4 Å². The second-order valence-corrected chi connectivity index (χ2v) is 5.29. The quantitative estimate of drug-likeness (QED) is 0.594. The fourth-order valence-electron chi connectivity index (χ4n) is 1.85. The Kier molecular flexibility index (Phi) is 1.97. The van der Waals surface area contributed by atoms with E-state index < -0.39 is 11.1 Å². The highest BCUT2D eigenvalue weighted by atomic mass is 32.2. The number of carbonyl (C=O) groups is 2. The van der Waals surface area contributed by atoms with Crippen LogP contribution < -0.4 is 0 Å². The van der Waals surface area contributed by atoms with E-state index in [0.717, 1.165) is 0 Å². The average molecular weight is 231 g/mol. The highest BCUT2D eigenvalue weighted by Gasteiger charge is 2.37. The van der Waals surface area contributed by atoms with Gasteiger partial charge in [-0.05, 0) is 22.9 Å². The van der Waals surface area contributed by atoms with Crippen molar-refractivity contribution in [2.45, 2.75) is 0 Å². The van der Waals surface area contributed by atoms with Gasteiger partial charge in [0.2, 0.25) is 0 Å². The van der Waals surface area contributed by atoms with Crippen LogP contribution in [0.4, 0.5) is 0 Å². The molecule has 1 aromatic rings. The Bertz CT molecular complexity index is 501. The predicted octanol–water partition coefficient (Wildman–Crippen LogP) is 2.24. The number of nitrogens with zero attached hydrogens (tertiary/aromatic N) is 1. The van der Waals surface area contributed by atoms with Gasteiger partial charge in [-0.25, -0.2) is 4.31 Å². The number of benzene rings is 1. The van der Waals surface area contributed by atoms with Crippen molar-refractivity contribution in [1.29, 1.82) is 0 Å². The molecule has 2 aliphatic rings. The van der Waals surface area contributed by atoms with Gasteiger partial charge in [-0.1, -0.05) is 24.3 Å². The molecule has 0 atom stereocenters. The van der Waals surface area contributed by atoms with E-state index in [4.69, 9.17) is 0 Å². The maximum atomic E-state index is 12.0. The molecule has 0 bridgehead atoms. The van der Waals surface area contributed by atoms with Crippen molar-refractivity contribution >= 4 is 22.9 Å². The molecule has 0 saturated heterocycles. The number of imide groups is 1. The molecule has 0 fully saturated rings. The van der Waals surface area contributed by atoms with Crippen molar-refractivity contribution in [3.8, 4) is 0 Å². The first-order valence-electron chi connectivity index (χ1n) is 4.90. The first-order valence-corrected chi connectivity index (χ1v) is 6.33. The third-order valence-electron chi connectivity index (χ3n) is 2.59. The van der Waals surface area contributed by atoms with Crippen LogP contribution in [0.15, 0.2) is 47.2 Å². The molecular formula is C12H9NO2S. The van der Waals surface area contributed by atoms with Gasteiger partial charge in [0.25, 0.3) is 11.8 Å². The second-order valence-electron chi connectivity index (χ2n) is 3.53. The molecule has 0 aromatic heterocycles. The van der Waals surface area contributed by atoms with Crippen molar-refractivity contribution in [2.75, 3.05) is 0 Å². The van der Waals surface area contributed by atoms with E-state index in [9.17, 15) is 9.59 Å². The van der Waals surface area contributed by atoms with Crippen LogP contribution >= 0.6 is 11.1 Å². The lowest BCUT2D eigenvalue weighted by atomic mass is 10.1. The van der Waals surface area contributed by atoms with Crippen molar-refractivity contribution < 1.29 is 9.59 Å². The summed E-state index contributed by atoms with van der Waals surface area (Å²) >= 11 is -0.898. The molecule has 16 heavy (non-hydrogen) atoms. The average Bonchev–Trinajstić information content (AvgIpc) is 2.89. The Hall–Kier alpha value is -1.81. The minimum absolute atomic E-state index is 0.178. The summed E-state index contributed by atoms with van der Waals surface area (Å²) in [6.45, 7) is 0. The number of carbonyl (C=O) groups excluding carboxylic acids is 2. The first kappa shape index (κ1) is 9.42. The third-order valence-corrected chi connectivity index (χ3v) is 4.37. The van der Waals surface area contributed by atoms with Crippen LogP contribution in [0.2, 0.25) is 0 Å². The van der Waals surface area contributed by atoms with Crippen molar-refractivity contribution in [2.24, 2.45) is 0 Å². The predicted molar refractivity (Wildman–Crippen MR) is 64.2 cm³/mol. The second kappa shape index (κ2) is 3.35. The maximum Gasteiger partial charge on any atom is 0.270 e. The Morgan fingerprint density at radius 3 is 1.88 bits per heavy atom. The standard InChI is InChI=1S/C12H9NO2S/c14-11-9-5-1-2-6-10(9)12(15)13(11)16-7-3-4-8-16/h1-8,16H. The molecule has 1 aromatic carbocycles. The smallest absolute Gasteiger partial charge is 0.268 e. The molecule has 0 saturated carbocycles. The number of hydrogen-bond donors (Lipinski definition) is 1. The summed E-state index contributed by atoms with van der Waals surface area (Å²) in [5, 5.41) is 3.80. The van der Waals surface area contributed by atoms with E-state index >= 15 is 0 Å². The third kappa shape index (κ3) is 1.17. The number of thiol groups is 1. The minimum Gasteiger partial charge on any atom is -0.268 e. The molecule has 3 nitrogen and oxygen atoms in total.